The van der Waals surface area contributed by atoms with Gasteiger partial charge in [-0.3, -0.25) is 4.79 Å². The molecule has 0 aliphatic carbocycles. The maximum atomic E-state index is 12.4. The minimum absolute atomic E-state index is 0.0459. The number of urea groups is 1. The first kappa shape index (κ1) is 20.0. The van der Waals surface area contributed by atoms with Crippen molar-refractivity contribution in [3.63, 3.8) is 0 Å². The first-order chi connectivity index (χ1) is 12.9. The monoisotopic (exact) mass is 368 g/mol. The SMILES string of the molecule is COc1cccc(C=CC(=O)c2ccc(NC(=O)NC(C)C)cc2)c1OC. The fourth-order valence-electron chi connectivity index (χ4n) is 2.45. The summed E-state index contributed by atoms with van der Waals surface area (Å²) in [5, 5.41) is 5.45. The molecule has 2 amide bonds. The van der Waals surface area contributed by atoms with Crippen LogP contribution in [-0.2, 0) is 0 Å². The zero-order chi connectivity index (χ0) is 19.8. The number of rotatable bonds is 7. The van der Waals surface area contributed by atoms with E-state index in [0.717, 1.165) is 5.56 Å². The zero-order valence-electron chi connectivity index (χ0n) is 15.9. The number of hydrogen-bond acceptors (Lipinski definition) is 4. The molecule has 0 aliphatic heterocycles. The normalized spacial score (nSPS) is 10.7. The average Bonchev–Trinajstić information content (AvgIpc) is 2.65. The van der Waals surface area contributed by atoms with Crippen molar-refractivity contribution >= 4 is 23.6 Å². The molecule has 2 N–H and O–H groups in total. The summed E-state index contributed by atoms with van der Waals surface area (Å²) in [4.78, 5) is 24.1. The van der Waals surface area contributed by atoms with Crippen LogP contribution in [0.1, 0.15) is 29.8 Å². The van der Waals surface area contributed by atoms with E-state index in [2.05, 4.69) is 10.6 Å². The van der Waals surface area contributed by atoms with E-state index in [-0.39, 0.29) is 17.9 Å². The van der Waals surface area contributed by atoms with Crippen LogP contribution in [0, 0.1) is 0 Å². The quantitative estimate of drug-likeness (QED) is 0.569. The van der Waals surface area contributed by atoms with Crippen molar-refractivity contribution < 1.29 is 19.1 Å². The highest BCUT2D eigenvalue weighted by atomic mass is 16.5. The van der Waals surface area contributed by atoms with E-state index in [0.29, 0.717) is 22.7 Å². The Morgan fingerprint density at radius 3 is 2.30 bits per heavy atom. The highest BCUT2D eigenvalue weighted by molar-refractivity contribution is 6.07. The predicted molar refractivity (Wildman–Crippen MR) is 107 cm³/mol. The number of para-hydroxylation sites is 1. The second kappa shape index (κ2) is 9.43. The Morgan fingerprint density at radius 2 is 1.70 bits per heavy atom. The molecule has 0 saturated carbocycles. The average molecular weight is 368 g/mol. The molecule has 0 radical (unpaired) electrons. The van der Waals surface area contributed by atoms with Crippen molar-refractivity contribution in [1.29, 1.82) is 0 Å². The van der Waals surface area contributed by atoms with Crippen molar-refractivity contribution in [2.24, 2.45) is 0 Å². The van der Waals surface area contributed by atoms with Crippen LogP contribution in [-0.4, -0.2) is 32.1 Å². The van der Waals surface area contributed by atoms with Gasteiger partial charge in [0.2, 0.25) is 0 Å². The van der Waals surface area contributed by atoms with Gasteiger partial charge in [0.1, 0.15) is 0 Å². The van der Waals surface area contributed by atoms with Crippen molar-refractivity contribution in [2.45, 2.75) is 19.9 Å². The maximum Gasteiger partial charge on any atom is 0.319 e. The lowest BCUT2D eigenvalue weighted by Crippen LogP contribution is -2.34. The van der Waals surface area contributed by atoms with E-state index in [1.165, 1.54) is 6.08 Å². The summed E-state index contributed by atoms with van der Waals surface area (Å²) >= 11 is 0. The third kappa shape index (κ3) is 5.60. The number of carbonyl (C=O) groups is 2. The van der Waals surface area contributed by atoms with Gasteiger partial charge < -0.3 is 20.1 Å². The van der Waals surface area contributed by atoms with Gasteiger partial charge in [-0.15, -0.1) is 0 Å². The van der Waals surface area contributed by atoms with Crippen LogP contribution in [0.25, 0.3) is 6.08 Å². The number of ether oxygens (including phenoxy) is 2. The van der Waals surface area contributed by atoms with Crippen molar-refractivity contribution in [3.05, 3.63) is 59.7 Å². The number of allylic oxidation sites excluding steroid dienone is 1. The Morgan fingerprint density at radius 1 is 1.00 bits per heavy atom. The number of hydrogen-bond donors (Lipinski definition) is 2. The first-order valence-electron chi connectivity index (χ1n) is 8.55. The highest BCUT2D eigenvalue weighted by Crippen LogP contribution is 2.31. The van der Waals surface area contributed by atoms with Crippen molar-refractivity contribution in [2.75, 3.05) is 19.5 Å². The van der Waals surface area contributed by atoms with Crippen LogP contribution in [0.5, 0.6) is 11.5 Å². The maximum absolute atomic E-state index is 12.4. The second-order valence-corrected chi connectivity index (χ2v) is 6.11. The fraction of sp³-hybridized carbons (Fsp3) is 0.238. The summed E-state index contributed by atoms with van der Waals surface area (Å²) in [7, 11) is 3.12. The smallest absolute Gasteiger partial charge is 0.319 e. The number of amides is 2. The summed E-state index contributed by atoms with van der Waals surface area (Å²) in [5.74, 6) is 1.01. The van der Waals surface area contributed by atoms with Gasteiger partial charge >= 0.3 is 6.03 Å². The van der Waals surface area contributed by atoms with Gasteiger partial charge in [0, 0.05) is 22.9 Å². The molecule has 0 unspecified atom stereocenters. The molecule has 0 fully saturated rings. The lowest BCUT2D eigenvalue weighted by molar-refractivity contribution is 0.104. The lowest BCUT2D eigenvalue weighted by atomic mass is 10.1. The Balaban J connectivity index is 2.08. The number of methoxy groups -OCH3 is 2. The Bertz CT molecular complexity index is 827. The fourth-order valence-corrected chi connectivity index (χ4v) is 2.45. The van der Waals surface area contributed by atoms with Gasteiger partial charge in [0.25, 0.3) is 0 Å². The Hall–Kier alpha value is -3.28. The molecule has 2 aromatic carbocycles. The van der Waals surface area contributed by atoms with Crippen LogP contribution in [0.4, 0.5) is 10.5 Å². The molecule has 6 heteroatoms. The first-order valence-corrected chi connectivity index (χ1v) is 8.55. The van der Waals surface area contributed by atoms with E-state index in [1.54, 1.807) is 50.6 Å². The van der Waals surface area contributed by atoms with E-state index in [1.807, 2.05) is 26.0 Å². The van der Waals surface area contributed by atoms with Crippen molar-refractivity contribution in [3.8, 4) is 11.5 Å². The minimum atomic E-state index is -0.283. The molecule has 6 nitrogen and oxygen atoms in total. The molecule has 0 spiro atoms. The van der Waals surface area contributed by atoms with Gasteiger partial charge in [-0.25, -0.2) is 4.79 Å². The van der Waals surface area contributed by atoms with Crippen LogP contribution in [0.15, 0.2) is 48.5 Å². The topological polar surface area (TPSA) is 76.7 Å². The molecule has 0 aliphatic rings. The summed E-state index contributed by atoms with van der Waals surface area (Å²) in [6.07, 6.45) is 3.16. The highest BCUT2D eigenvalue weighted by Gasteiger charge is 2.08. The van der Waals surface area contributed by atoms with Gasteiger partial charge in [-0.2, -0.15) is 0 Å². The van der Waals surface area contributed by atoms with Gasteiger partial charge in [-0.05, 0) is 56.3 Å². The van der Waals surface area contributed by atoms with Gasteiger partial charge in [-0.1, -0.05) is 12.1 Å². The largest absolute Gasteiger partial charge is 0.493 e. The molecule has 0 bridgehead atoms. The standard InChI is InChI=1S/C21H24N2O4/c1-14(2)22-21(25)23-17-11-8-15(9-12-17)18(24)13-10-16-6-5-7-19(26-3)20(16)27-4/h5-14H,1-4H3,(H2,22,23,25). The van der Waals surface area contributed by atoms with E-state index < -0.39 is 0 Å². The summed E-state index contributed by atoms with van der Waals surface area (Å²) in [6.45, 7) is 3.76. The molecular formula is C21H24N2O4. The molecule has 0 saturated heterocycles. The van der Waals surface area contributed by atoms with Crippen molar-refractivity contribution in [1.82, 2.24) is 5.32 Å². The third-order valence-electron chi connectivity index (χ3n) is 3.69. The predicted octanol–water partition coefficient (Wildman–Crippen LogP) is 4.13. The molecular weight excluding hydrogens is 344 g/mol. The lowest BCUT2D eigenvalue weighted by Gasteiger charge is -2.10. The number of nitrogens with one attached hydrogen (secondary N) is 2. The van der Waals surface area contributed by atoms with Gasteiger partial charge in [0.15, 0.2) is 17.3 Å². The van der Waals surface area contributed by atoms with E-state index in [4.69, 9.17) is 9.47 Å². The number of anilines is 1. The second-order valence-electron chi connectivity index (χ2n) is 6.11. The van der Waals surface area contributed by atoms with Crippen LogP contribution >= 0.6 is 0 Å². The molecule has 0 heterocycles. The molecule has 0 atom stereocenters. The molecule has 2 aromatic rings. The summed E-state index contributed by atoms with van der Waals surface area (Å²) in [5.41, 5.74) is 1.87. The van der Waals surface area contributed by atoms with Crippen LogP contribution in [0.3, 0.4) is 0 Å². The number of benzene rings is 2. The number of ketones is 1. The van der Waals surface area contributed by atoms with E-state index >= 15 is 0 Å². The zero-order valence-corrected chi connectivity index (χ0v) is 15.9. The van der Waals surface area contributed by atoms with Crippen LogP contribution in [0.2, 0.25) is 0 Å². The van der Waals surface area contributed by atoms with Crippen LogP contribution < -0.4 is 20.1 Å². The Kier molecular flexibility index (Phi) is 7.00. The van der Waals surface area contributed by atoms with E-state index in [9.17, 15) is 9.59 Å². The minimum Gasteiger partial charge on any atom is -0.493 e. The Labute approximate surface area is 159 Å². The third-order valence-corrected chi connectivity index (χ3v) is 3.69. The molecule has 27 heavy (non-hydrogen) atoms. The summed E-state index contributed by atoms with van der Waals surface area (Å²) < 4.78 is 10.6. The molecule has 0 aromatic heterocycles. The summed E-state index contributed by atoms with van der Waals surface area (Å²) in [6, 6.07) is 11.9. The van der Waals surface area contributed by atoms with Gasteiger partial charge in [0.05, 0.1) is 14.2 Å². The molecule has 2 rings (SSSR count). The molecule has 142 valence electrons. The number of carbonyl (C=O) groups excluding carboxylic acids is 2.